The summed E-state index contributed by atoms with van der Waals surface area (Å²) in [5.41, 5.74) is 0.546. The molecule has 1 unspecified atom stereocenters. The number of amides is 2. The van der Waals surface area contributed by atoms with Gasteiger partial charge >= 0.3 is 0 Å². The molecule has 3 rings (SSSR count). The number of fused-ring (bicyclic) bond motifs is 1. The fraction of sp³-hybridized carbons (Fsp3) is 0.375. The van der Waals surface area contributed by atoms with Gasteiger partial charge in [0.15, 0.2) is 5.69 Å². The number of carbonyl (C=O) groups excluding carboxylic acids is 2. The molecule has 0 spiro atoms. The molecule has 7 nitrogen and oxygen atoms in total. The van der Waals surface area contributed by atoms with E-state index >= 15 is 0 Å². The molecule has 1 saturated heterocycles. The Bertz CT molecular complexity index is 828. The Morgan fingerprint density at radius 1 is 1.30 bits per heavy atom. The van der Waals surface area contributed by atoms with Gasteiger partial charge in [-0.05, 0) is 31.4 Å². The van der Waals surface area contributed by atoms with Crippen molar-refractivity contribution in [2.75, 3.05) is 6.54 Å². The molecule has 2 N–H and O–H groups in total. The highest BCUT2D eigenvalue weighted by molar-refractivity contribution is 5.97. The van der Waals surface area contributed by atoms with Crippen LogP contribution in [0.15, 0.2) is 29.1 Å². The number of hydrogen-bond acceptors (Lipinski definition) is 4. The fourth-order valence-electron chi connectivity index (χ4n) is 2.73. The standard InChI is InChI=1S/C16H18N4O3/c1-20-12-8-3-2-6-10(12)18-13(16(20)23)15(22)19-11-7-4-5-9-17-14(11)21/h2-3,6,8,11H,4-5,7,9H2,1H3,(H,17,21)(H,19,22). The summed E-state index contributed by atoms with van der Waals surface area (Å²) in [7, 11) is 1.60. The molecule has 1 fully saturated rings. The van der Waals surface area contributed by atoms with Crippen molar-refractivity contribution in [1.82, 2.24) is 20.2 Å². The Morgan fingerprint density at radius 2 is 2.09 bits per heavy atom. The van der Waals surface area contributed by atoms with Crippen molar-refractivity contribution in [3.05, 3.63) is 40.3 Å². The molecule has 0 aliphatic carbocycles. The van der Waals surface area contributed by atoms with E-state index in [0.717, 1.165) is 12.8 Å². The van der Waals surface area contributed by atoms with Crippen LogP contribution in [0, 0.1) is 0 Å². The van der Waals surface area contributed by atoms with Gasteiger partial charge in [0.2, 0.25) is 5.91 Å². The number of rotatable bonds is 2. The van der Waals surface area contributed by atoms with Crippen LogP contribution in [0.25, 0.3) is 11.0 Å². The highest BCUT2D eigenvalue weighted by Gasteiger charge is 2.25. The maximum Gasteiger partial charge on any atom is 0.282 e. The third-order valence-corrected chi connectivity index (χ3v) is 4.04. The molecule has 7 heteroatoms. The van der Waals surface area contributed by atoms with E-state index in [9.17, 15) is 14.4 Å². The smallest absolute Gasteiger partial charge is 0.282 e. The lowest BCUT2D eigenvalue weighted by Crippen LogP contribution is -2.47. The summed E-state index contributed by atoms with van der Waals surface area (Å²) >= 11 is 0. The second kappa shape index (κ2) is 6.20. The van der Waals surface area contributed by atoms with Gasteiger partial charge < -0.3 is 15.2 Å². The minimum atomic E-state index is -0.622. The third-order valence-electron chi connectivity index (χ3n) is 4.04. The van der Waals surface area contributed by atoms with Crippen LogP contribution in [0.4, 0.5) is 0 Å². The first kappa shape index (κ1) is 15.2. The monoisotopic (exact) mass is 314 g/mol. The van der Waals surface area contributed by atoms with E-state index in [-0.39, 0.29) is 11.6 Å². The van der Waals surface area contributed by atoms with Gasteiger partial charge in [0, 0.05) is 13.6 Å². The van der Waals surface area contributed by atoms with Gasteiger partial charge in [0.25, 0.3) is 11.5 Å². The fourth-order valence-corrected chi connectivity index (χ4v) is 2.73. The third kappa shape index (κ3) is 2.94. The van der Waals surface area contributed by atoms with Gasteiger partial charge in [-0.1, -0.05) is 12.1 Å². The van der Waals surface area contributed by atoms with Crippen molar-refractivity contribution in [3.63, 3.8) is 0 Å². The van der Waals surface area contributed by atoms with E-state index in [1.54, 1.807) is 31.3 Å². The Hall–Kier alpha value is -2.70. The molecule has 1 atom stereocenters. The Kier molecular flexibility index (Phi) is 4.10. The Balaban J connectivity index is 1.93. The predicted molar refractivity (Wildman–Crippen MR) is 85.1 cm³/mol. The summed E-state index contributed by atoms with van der Waals surface area (Å²) in [5, 5.41) is 5.38. The van der Waals surface area contributed by atoms with Crippen LogP contribution in [0.3, 0.4) is 0 Å². The van der Waals surface area contributed by atoms with Crippen LogP contribution in [0.5, 0.6) is 0 Å². The summed E-state index contributed by atoms with van der Waals surface area (Å²) in [6, 6.07) is 6.48. The molecule has 2 heterocycles. The predicted octanol–water partition coefficient (Wildman–Crippen LogP) is 0.332. The minimum absolute atomic E-state index is 0.191. The summed E-state index contributed by atoms with van der Waals surface area (Å²) in [6.45, 7) is 0.612. The number of para-hydroxylation sites is 2. The van der Waals surface area contributed by atoms with Crippen molar-refractivity contribution in [2.24, 2.45) is 7.05 Å². The second-order valence-electron chi connectivity index (χ2n) is 5.63. The van der Waals surface area contributed by atoms with Crippen LogP contribution >= 0.6 is 0 Å². The molecule has 23 heavy (non-hydrogen) atoms. The van der Waals surface area contributed by atoms with Crippen LogP contribution in [0.1, 0.15) is 29.8 Å². The van der Waals surface area contributed by atoms with Gasteiger partial charge in [-0.25, -0.2) is 4.98 Å². The highest BCUT2D eigenvalue weighted by atomic mass is 16.2. The molecule has 0 radical (unpaired) electrons. The molecule has 0 saturated carbocycles. The molecule has 1 aromatic heterocycles. The van der Waals surface area contributed by atoms with E-state index in [4.69, 9.17) is 0 Å². The first-order chi connectivity index (χ1) is 11.1. The van der Waals surface area contributed by atoms with Crippen molar-refractivity contribution in [1.29, 1.82) is 0 Å². The van der Waals surface area contributed by atoms with E-state index in [1.807, 2.05) is 0 Å². The van der Waals surface area contributed by atoms with E-state index < -0.39 is 17.5 Å². The lowest BCUT2D eigenvalue weighted by molar-refractivity contribution is -0.122. The first-order valence-corrected chi connectivity index (χ1v) is 7.62. The molecule has 0 bridgehead atoms. The number of benzene rings is 1. The normalized spacial score (nSPS) is 18.3. The highest BCUT2D eigenvalue weighted by Crippen LogP contribution is 2.10. The molecule has 1 aliphatic heterocycles. The second-order valence-corrected chi connectivity index (χ2v) is 5.63. The van der Waals surface area contributed by atoms with Crippen molar-refractivity contribution < 1.29 is 9.59 Å². The first-order valence-electron chi connectivity index (χ1n) is 7.62. The van der Waals surface area contributed by atoms with Crippen LogP contribution in [-0.2, 0) is 11.8 Å². The van der Waals surface area contributed by atoms with Crippen LogP contribution in [0.2, 0.25) is 0 Å². The van der Waals surface area contributed by atoms with Gasteiger partial charge in [-0.2, -0.15) is 0 Å². The number of aromatic nitrogens is 2. The molecule has 1 aliphatic rings. The van der Waals surface area contributed by atoms with E-state index in [0.29, 0.717) is 24.0 Å². The van der Waals surface area contributed by atoms with Crippen molar-refractivity contribution in [3.8, 4) is 0 Å². The number of hydrogen-bond donors (Lipinski definition) is 2. The Morgan fingerprint density at radius 3 is 2.91 bits per heavy atom. The minimum Gasteiger partial charge on any atom is -0.354 e. The van der Waals surface area contributed by atoms with E-state index in [1.165, 1.54) is 4.57 Å². The zero-order valence-electron chi connectivity index (χ0n) is 12.8. The van der Waals surface area contributed by atoms with Gasteiger partial charge in [0.05, 0.1) is 11.0 Å². The van der Waals surface area contributed by atoms with Crippen LogP contribution < -0.4 is 16.2 Å². The molecule has 1 aromatic carbocycles. The summed E-state index contributed by atoms with van der Waals surface area (Å²) in [5.74, 6) is -0.827. The summed E-state index contributed by atoms with van der Waals surface area (Å²) in [6.07, 6.45) is 2.28. The van der Waals surface area contributed by atoms with E-state index in [2.05, 4.69) is 15.6 Å². The van der Waals surface area contributed by atoms with Gasteiger partial charge in [-0.15, -0.1) is 0 Å². The molecular formula is C16H18N4O3. The topological polar surface area (TPSA) is 93.1 Å². The largest absolute Gasteiger partial charge is 0.354 e. The summed E-state index contributed by atoms with van der Waals surface area (Å²) < 4.78 is 1.39. The average Bonchev–Trinajstić information content (AvgIpc) is 2.75. The lowest BCUT2D eigenvalue weighted by Gasteiger charge is -2.15. The molecule has 2 amide bonds. The number of carbonyl (C=O) groups is 2. The molecule has 2 aromatic rings. The lowest BCUT2D eigenvalue weighted by atomic mass is 10.1. The van der Waals surface area contributed by atoms with Gasteiger partial charge in [-0.3, -0.25) is 14.4 Å². The van der Waals surface area contributed by atoms with Crippen molar-refractivity contribution in [2.45, 2.75) is 25.3 Å². The van der Waals surface area contributed by atoms with Gasteiger partial charge in [0.1, 0.15) is 6.04 Å². The van der Waals surface area contributed by atoms with Crippen molar-refractivity contribution >= 4 is 22.8 Å². The van der Waals surface area contributed by atoms with Crippen LogP contribution in [-0.4, -0.2) is 34.0 Å². The number of aryl methyl sites for hydroxylation is 1. The maximum atomic E-state index is 12.4. The zero-order valence-corrected chi connectivity index (χ0v) is 12.8. The molecular weight excluding hydrogens is 296 g/mol. The molecule has 120 valence electrons. The quantitative estimate of drug-likeness (QED) is 0.835. The number of nitrogens with zero attached hydrogens (tertiary/aromatic N) is 2. The SMILES string of the molecule is Cn1c(=O)c(C(=O)NC2CCCCNC2=O)nc2ccccc21. The Labute approximate surface area is 132 Å². The average molecular weight is 314 g/mol. The zero-order chi connectivity index (χ0) is 16.4. The summed E-state index contributed by atoms with van der Waals surface area (Å²) in [4.78, 5) is 40.9. The maximum absolute atomic E-state index is 12.4. The number of nitrogens with one attached hydrogen (secondary N) is 2.